The third kappa shape index (κ3) is 42.6. The van der Waals surface area contributed by atoms with Crippen LogP contribution in [0.3, 0.4) is 0 Å². The number of hydrogen-bond donors (Lipinski definition) is 16. The number of esters is 5. The van der Waals surface area contributed by atoms with Gasteiger partial charge in [-0.15, -0.1) is 35.3 Å². The van der Waals surface area contributed by atoms with Crippen molar-refractivity contribution in [2.24, 2.45) is 58.1 Å². The number of rotatable bonds is 49. The number of piperidine rings is 1. The first-order valence-corrected chi connectivity index (χ1v) is 49.9. The molecule has 0 radical (unpaired) electrons. The largest absolute Gasteiger partial charge is 0.480 e. The van der Waals surface area contributed by atoms with Crippen LogP contribution in [0.1, 0.15) is 171 Å². The highest BCUT2D eigenvalue weighted by molar-refractivity contribution is 8.00. The molecule has 1 aliphatic carbocycles. The van der Waals surface area contributed by atoms with Crippen molar-refractivity contribution in [2.45, 2.75) is 262 Å². The van der Waals surface area contributed by atoms with Crippen molar-refractivity contribution in [1.29, 1.82) is 0 Å². The molecule has 22 atom stereocenters. The number of carbonyl (C=O) groups is 20. The van der Waals surface area contributed by atoms with E-state index < -0.39 is 326 Å². The Kier molecular flexibility index (Phi) is 54.3. The van der Waals surface area contributed by atoms with Gasteiger partial charge in [0.25, 0.3) is 11.7 Å². The van der Waals surface area contributed by atoms with Crippen LogP contribution in [0, 0.1) is 40.9 Å². The Morgan fingerprint density at radius 1 is 0.596 bits per heavy atom. The van der Waals surface area contributed by atoms with Gasteiger partial charge in [-0.2, -0.15) is 0 Å². The average Bonchev–Trinajstić information content (AvgIpc) is 0.770. The zero-order valence-electron chi connectivity index (χ0n) is 81.3. The number of carboxylic acids is 5. The lowest BCUT2D eigenvalue weighted by molar-refractivity contribution is -0.265. The number of carbonyl (C=O) groups excluding carboxylic acids is 15. The number of aliphatic hydroxyl groups is 2. The highest BCUT2D eigenvalue weighted by atomic mass is 32.2. The normalized spacial score (nSPS) is 25.6. The highest BCUT2D eigenvalue weighted by Gasteiger charge is 2.54. The van der Waals surface area contributed by atoms with Crippen LogP contribution >= 0.6 is 35.3 Å². The van der Waals surface area contributed by atoms with Gasteiger partial charge in [0.15, 0.2) is 18.0 Å². The van der Waals surface area contributed by atoms with E-state index in [9.17, 15) is 122 Å². The number of ether oxygens (including phenoxy) is 9. The van der Waals surface area contributed by atoms with Crippen LogP contribution in [0.5, 0.6) is 0 Å². The Bertz CT molecular complexity index is 4440. The van der Waals surface area contributed by atoms with Crippen LogP contribution in [-0.2, 0) is 139 Å². The number of aliphatic carboxylic acids is 5. The second-order valence-electron chi connectivity index (χ2n) is 35.9. The number of allylic oxidation sites excluding steroid dienone is 6. The third-order valence-corrected chi connectivity index (χ3v) is 27.3. The number of hydrogen-bond acceptors (Lipinski definition) is 37. The lowest BCUT2D eigenvalue weighted by Crippen LogP contribution is -2.61. The lowest BCUT2D eigenvalue weighted by Gasteiger charge is -2.42. The minimum Gasteiger partial charge on any atom is -0.480 e. The molecule has 3 heterocycles. The van der Waals surface area contributed by atoms with Gasteiger partial charge in [-0.1, -0.05) is 71.1 Å². The molecule has 49 heteroatoms. The van der Waals surface area contributed by atoms with E-state index >= 15 is 9.59 Å². The minimum absolute atomic E-state index is 0.0289. The first-order chi connectivity index (χ1) is 66.4. The molecule has 4 rings (SSSR count). The van der Waals surface area contributed by atoms with E-state index in [0.29, 0.717) is 31.0 Å². The molecular formula is C92H140N10O36S3. The molecule has 792 valence electrons. The smallest absolute Gasteiger partial charge is 0.329 e. The van der Waals surface area contributed by atoms with Gasteiger partial charge in [-0.05, 0) is 133 Å². The molecule has 46 nitrogen and oxygen atoms in total. The van der Waals surface area contributed by atoms with E-state index in [0.717, 1.165) is 34.0 Å². The minimum atomic E-state index is -2.66. The molecule has 141 heavy (non-hydrogen) atoms. The van der Waals surface area contributed by atoms with E-state index in [1.807, 2.05) is 19.9 Å². The Morgan fingerprint density at radius 2 is 1.11 bits per heavy atom. The SMILES string of the molecule is CO[C@H]1C[C@@H]2CC[C@@H](C)[C@@](O)(O2)C(=O)C(=O)N2CCCC[C@H]2C(=O)O[C@H]([C@H](C)C[C@@H]2CC[C@@H](OC(=O)C(C)(COC(=O)CSC[C@H](NC(=O)CC[C@H](N)C(=O)O)C(=O)NCCO)COC(=O)CSC[C@H](NC(=O)CC[C@H](N)C(=O)O)C(=O)NCC(=O)O)[C@H](OC)C2)CC(=O)[C@H](C)/C=C(\C)[C@@H](OC(=O)CSC[C@H](NC(=O)CC[C@H](N)C(=O)O)C(=O)NCC(=O)O)[C@@H](OC)C(=O)[C@H](C)C[C@H](C)/C=C/C=CC=C1C. The first kappa shape index (κ1) is 123. The monoisotopic (exact) mass is 2060 g/mol. The van der Waals surface area contributed by atoms with E-state index in [4.69, 9.17) is 59.8 Å². The van der Waals surface area contributed by atoms with Crippen molar-refractivity contribution in [3.8, 4) is 0 Å². The number of aliphatic hydroxyl groups excluding tert-OH is 1. The van der Waals surface area contributed by atoms with Crippen LogP contribution in [-0.4, -0.2) is 352 Å². The molecule has 3 fully saturated rings. The van der Waals surface area contributed by atoms with E-state index in [1.165, 1.54) is 48.2 Å². The molecular weight excluding hydrogens is 1920 g/mol. The fourth-order valence-corrected chi connectivity index (χ4v) is 18.3. The molecule has 4 aliphatic rings. The fourth-order valence-electron chi connectivity index (χ4n) is 15.8. The summed E-state index contributed by atoms with van der Waals surface area (Å²) in [6.07, 6.45) is 1.51. The quantitative estimate of drug-likeness (QED) is 0.0166. The highest BCUT2D eigenvalue weighted by Crippen LogP contribution is 2.40. The number of thioether (sulfide) groups is 3. The summed E-state index contributed by atoms with van der Waals surface area (Å²) in [6.45, 7) is 8.38. The molecule has 0 aromatic heterocycles. The van der Waals surface area contributed by atoms with Crippen LogP contribution in [0.4, 0.5) is 0 Å². The summed E-state index contributed by atoms with van der Waals surface area (Å²) in [5, 5.41) is 81.9. The van der Waals surface area contributed by atoms with Crippen molar-refractivity contribution in [2.75, 3.05) is 102 Å². The predicted molar refractivity (Wildman–Crippen MR) is 507 cm³/mol. The Labute approximate surface area is 829 Å². The summed E-state index contributed by atoms with van der Waals surface area (Å²) in [5.74, 6) is -31.1. The van der Waals surface area contributed by atoms with Crippen molar-refractivity contribution in [1.82, 2.24) is 36.8 Å². The van der Waals surface area contributed by atoms with E-state index in [-0.39, 0.29) is 107 Å². The zero-order valence-corrected chi connectivity index (χ0v) is 83.8. The van der Waals surface area contributed by atoms with Crippen LogP contribution in [0.25, 0.3) is 0 Å². The summed E-state index contributed by atoms with van der Waals surface area (Å²) in [4.78, 5) is 268. The summed E-state index contributed by atoms with van der Waals surface area (Å²) >= 11 is 2.22. The molecule has 2 bridgehead atoms. The number of cyclic esters (lactones) is 1. The van der Waals surface area contributed by atoms with Gasteiger partial charge in [-0.25, -0.2) is 4.79 Å². The summed E-state index contributed by atoms with van der Waals surface area (Å²) < 4.78 is 54.1. The summed E-state index contributed by atoms with van der Waals surface area (Å²) in [6, 6.07) is -10.1. The number of amides is 7. The second-order valence-corrected chi connectivity index (χ2v) is 39.0. The van der Waals surface area contributed by atoms with Crippen molar-refractivity contribution < 1.29 is 174 Å². The average molecular weight is 2060 g/mol. The Hall–Kier alpha value is -10.4. The van der Waals surface area contributed by atoms with E-state index in [2.05, 4.69) is 31.9 Å². The molecule has 19 N–H and O–H groups in total. The van der Waals surface area contributed by atoms with E-state index in [1.54, 1.807) is 45.1 Å². The topological polar surface area (TPSA) is 720 Å². The fraction of sp³-hybridized carbons (Fsp3) is 0.696. The van der Waals surface area contributed by atoms with Gasteiger partial charge in [0.2, 0.25) is 41.2 Å². The lowest BCUT2D eigenvalue weighted by atomic mass is 9.78. The number of ketones is 3. The molecule has 7 amide bonds. The molecule has 1 unspecified atom stereocenters. The molecule has 0 aromatic carbocycles. The van der Waals surface area contributed by atoms with Crippen LogP contribution < -0.4 is 49.1 Å². The Balaban J connectivity index is 1.80. The standard InChI is InChI=1S/C92H140N10O36S3/c1-49-17-13-12-14-18-50(2)67(130-9)37-57-22-20-55(7)92(129,138-57)81(116)85(120)102-31-16-15-19-64(102)89(127)135-68(38-65(104)51(3)34-54(6)79(80(132-11)78(115)53(5)33-49)137-77(114)46-141-43-63(84(119)98-40-74(110)111)101-72(107)29-25-60(95)88(125)126)52(4)35-56-21-26-66(69(36-56)131-10)136-90(128)91(8,47-133-75(112)44-139-41-61(82(117)96-30-32-103)99-70(105)27-23-58(93)86(121)122)48-134-76(113)45-140-42-62(83(118)97-39-73(108)109)100-71(106)28-24-59(94)87(123)124/h12-14,17-18,34,49,51-53,55-64,66-69,79-80,103,129H,15-16,19-33,35-48,93-95H2,1-11H3,(H,96,117)(H,97,118)(H,98,119)(H,99,105)(H,100,106)(H,101,107)(H,108,109)(H,110,111)(H,121,122)(H,123,124)(H,125,126)/b14-12?,17-13+,50-18?,54-34+/t49-,51-,52-,53-,55-,56+,57+,58+,59+,60+,61+,62+,63+,64+,66-,67+,68+,69-,79-,80+,91?,92-/m1/s1. The molecule has 0 spiro atoms. The van der Waals surface area contributed by atoms with Gasteiger partial charge in [0, 0.05) is 102 Å². The van der Waals surface area contributed by atoms with Crippen LogP contribution in [0.2, 0.25) is 0 Å². The number of carboxylic acid groups (broad SMARTS) is 5. The molecule has 0 aromatic rings. The van der Waals surface area contributed by atoms with Gasteiger partial charge in [0.05, 0.1) is 42.2 Å². The number of fused-ring (bicyclic) bond motifs is 3. The van der Waals surface area contributed by atoms with Gasteiger partial charge in [-0.3, -0.25) is 91.1 Å². The summed E-state index contributed by atoms with van der Waals surface area (Å²) in [7, 11) is 4.01. The molecule has 1 saturated carbocycles. The number of nitrogens with one attached hydrogen (secondary N) is 6. The maximum Gasteiger partial charge on any atom is 0.329 e. The Morgan fingerprint density at radius 3 is 1.59 bits per heavy atom. The number of nitrogens with two attached hydrogens (primary N) is 3. The molecule has 2 saturated heterocycles. The maximum atomic E-state index is 15.3. The van der Waals surface area contributed by atoms with Crippen molar-refractivity contribution >= 4 is 154 Å². The summed E-state index contributed by atoms with van der Waals surface area (Å²) in [5.41, 5.74) is 15.4. The maximum absolute atomic E-state index is 15.3. The second kappa shape index (κ2) is 62.3. The zero-order chi connectivity index (χ0) is 106. The third-order valence-electron chi connectivity index (χ3n) is 24.2. The van der Waals surface area contributed by atoms with Crippen molar-refractivity contribution in [3.05, 3.63) is 47.6 Å². The predicted octanol–water partition coefficient (Wildman–Crippen LogP) is 0.116. The first-order valence-electron chi connectivity index (χ1n) is 46.4. The molecule has 3 aliphatic heterocycles. The van der Waals surface area contributed by atoms with Gasteiger partial charge >= 0.3 is 59.7 Å². The number of nitrogens with zero attached hydrogens (tertiary/aromatic N) is 1. The number of methoxy groups -OCH3 is 3. The van der Waals surface area contributed by atoms with Gasteiger partial charge in [0.1, 0.15) is 92.0 Å². The van der Waals surface area contributed by atoms with Crippen LogP contribution in [0.15, 0.2) is 47.6 Å². The van der Waals surface area contributed by atoms with Gasteiger partial charge < -0.3 is 132 Å². The number of Topliss-reactive ketones (excluding diaryl/α,β-unsaturated/α-hetero) is 3. The van der Waals surface area contributed by atoms with Crippen molar-refractivity contribution in [3.63, 3.8) is 0 Å².